The first-order valence-electron chi connectivity index (χ1n) is 8.75. The summed E-state index contributed by atoms with van der Waals surface area (Å²) in [5, 5.41) is 27.7. The van der Waals surface area contributed by atoms with Crippen LogP contribution in [0.1, 0.15) is 12.0 Å². The highest BCUT2D eigenvalue weighted by atomic mass is 31.2. The van der Waals surface area contributed by atoms with Crippen molar-refractivity contribution in [2.45, 2.75) is 25.3 Å². The van der Waals surface area contributed by atoms with E-state index in [0.29, 0.717) is 27.7 Å². The molecule has 0 bridgehead atoms. The number of phenolic OH excluding ortho intramolecular Hbond substituents is 3. The standard InChI is InChI=1S/C18H21NO9P2/c1-10-13-8-15(21)16(22)9-14(13)19(18(10)11-2-4-12(20)5-3-11)7-6-17(29(23,24)25)30(26,27)28/h2-5,8-9,17,20-22H,6-7H2,1H3,(H2,23,24,25)(H2,26,27,28). The van der Waals surface area contributed by atoms with Gasteiger partial charge in [-0.1, -0.05) is 0 Å². The normalized spacial score (nSPS) is 12.7. The molecule has 0 spiro atoms. The van der Waals surface area contributed by atoms with E-state index < -0.39 is 32.8 Å². The maximum Gasteiger partial charge on any atom is 0.340 e. The Balaban J connectivity index is 2.20. The lowest BCUT2D eigenvalue weighted by Crippen LogP contribution is -2.13. The zero-order valence-electron chi connectivity index (χ0n) is 15.7. The molecule has 0 saturated carbocycles. The van der Waals surface area contributed by atoms with Gasteiger partial charge in [0, 0.05) is 18.0 Å². The fraction of sp³-hybridized carbons (Fsp3) is 0.222. The van der Waals surface area contributed by atoms with E-state index in [1.807, 2.05) is 0 Å². The largest absolute Gasteiger partial charge is 0.508 e. The van der Waals surface area contributed by atoms with Gasteiger partial charge in [0.05, 0.1) is 11.2 Å². The third kappa shape index (κ3) is 4.25. The minimum atomic E-state index is -5.10. The van der Waals surface area contributed by atoms with Gasteiger partial charge in [0.2, 0.25) is 0 Å². The van der Waals surface area contributed by atoms with Crippen molar-refractivity contribution in [3.63, 3.8) is 0 Å². The van der Waals surface area contributed by atoms with Gasteiger partial charge in [0.15, 0.2) is 16.9 Å². The SMILES string of the molecule is Cc1c(-c2ccc(O)cc2)n(CCC(P(=O)(O)O)P(=O)(O)O)c2cc(O)c(O)cc12. The second-order valence-corrected chi connectivity index (χ2v) is 11.0. The molecule has 0 aliphatic rings. The maximum absolute atomic E-state index is 11.7. The third-order valence-corrected chi connectivity index (χ3v) is 8.82. The average Bonchev–Trinajstić information content (AvgIpc) is 2.86. The van der Waals surface area contributed by atoms with Gasteiger partial charge in [-0.15, -0.1) is 0 Å². The van der Waals surface area contributed by atoms with Crippen LogP contribution in [0.3, 0.4) is 0 Å². The number of hydrogen-bond donors (Lipinski definition) is 7. The van der Waals surface area contributed by atoms with Gasteiger partial charge in [-0.2, -0.15) is 0 Å². The number of phenols is 3. The number of nitrogens with zero attached hydrogens (tertiary/aromatic N) is 1. The van der Waals surface area contributed by atoms with E-state index in [1.54, 1.807) is 23.6 Å². The number of aryl methyl sites for hydroxylation is 2. The minimum Gasteiger partial charge on any atom is -0.508 e. The lowest BCUT2D eigenvalue weighted by molar-refractivity contribution is 0.333. The molecule has 0 radical (unpaired) electrons. The summed E-state index contributed by atoms with van der Waals surface area (Å²) in [7, 11) is -10.2. The Hall–Kier alpha value is -2.32. The first-order chi connectivity index (χ1) is 13.8. The van der Waals surface area contributed by atoms with Gasteiger partial charge in [-0.05, 0) is 54.8 Å². The van der Waals surface area contributed by atoms with E-state index in [1.165, 1.54) is 24.3 Å². The fourth-order valence-electron chi connectivity index (χ4n) is 3.54. The first-order valence-corrected chi connectivity index (χ1v) is 12.1. The molecule has 0 unspecified atom stereocenters. The molecule has 1 aromatic heterocycles. The molecule has 0 aliphatic heterocycles. The Morgan fingerprint density at radius 2 is 1.43 bits per heavy atom. The molecule has 10 nitrogen and oxygen atoms in total. The molecule has 162 valence electrons. The lowest BCUT2D eigenvalue weighted by Gasteiger charge is -2.21. The van der Waals surface area contributed by atoms with Crippen LogP contribution < -0.4 is 0 Å². The van der Waals surface area contributed by atoms with E-state index in [-0.39, 0.29) is 18.0 Å². The number of aromatic hydroxyl groups is 3. The molecule has 7 N–H and O–H groups in total. The highest BCUT2D eigenvalue weighted by Crippen LogP contribution is 2.61. The zero-order chi connectivity index (χ0) is 22.4. The number of hydrogen-bond acceptors (Lipinski definition) is 5. The van der Waals surface area contributed by atoms with Crippen molar-refractivity contribution in [2.75, 3.05) is 0 Å². The zero-order valence-corrected chi connectivity index (χ0v) is 17.5. The Morgan fingerprint density at radius 3 is 1.97 bits per heavy atom. The Labute approximate surface area is 171 Å². The summed E-state index contributed by atoms with van der Waals surface area (Å²) >= 11 is 0. The highest BCUT2D eigenvalue weighted by Gasteiger charge is 2.43. The van der Waals surface area contributed by atoms with Crippen LogP contribution in [-0.4, -0.2) is 44.9 Å². The molecule has 1 heterocycles. The summed E-state index contributed by atoms with van der Waals surface area (Å²) in [6.07, 6.45) is -0.537. The van der Waals surface area contributed by atoms with Crippen molar-refractivity contribution < 1.29 is 44.0 Å². The van der Waals surface area contributed by atoms with Crippen LogP contribution in [0.4, 0.5) is 0 Å². The van der Waals surface area contributed by atoms with E-state index in [4.69, 9.17) is 0 Å². The van der Waals surface area contributed by atoms with E-state index in [0.717, 1.165) is 0 Å². The number of fused-ring (bicyclic) bond motifs is 1. The molecule has 30 heavy (non-hydrogen) atoms. The molecule has 0 fully saturated rings. The molecule has 2 aromatic carbocycles. The summed E-state index contributed by atoms with van der Waals surface area (Å²) in [5.41, 5.74) is 2.23. The number of rotatable bonds is 6. The molecule has 0 amide bonds. The third-order valence-electron chi connectivity index (χ3n) is 4.94. The summed E-state index contributed by atoms with van der Waals surface area (Å²) < 4.78 is 24.9. The van der Waals surface area contributed by atoms with Crippen molar-refractivity contribution in [3.05, 3.63) is 42.0 Å². The maximum atomic E-state index is 11.7. The van der Waals surface area contributed by atoms with E-state index >= 15 is 0 Å². The van der Waals surface area contributed by atoms with E-state index in [9.17, 15) is 44.0 Å². The average molecular weight is 457 g/mol. The van der Waals surface area contributed by atoms with Crippen LogP contribution in [-0.2, 0) is 15.7 Å². The summed E-state index contributed by atoms with van der Waals surface area (Å²) in [6.45, 7) is 1.55. The van der Waals surface area contributed by atoms with Crippen molar-refractivity contribution in [1.29, 1.82) is 0 Å². The van der Waals surface area contributed by atoms with Gasteiger partial charge < -0.3 is 39.5 Å². The smallest absolute Gasteiger partial charge is 0.340 e. The molecular formula is C18H21NO9P2. The van der Waals surface area contributed by atoms with Gasteiger partial charge in [0.25, 0.3) is 0 Å². The Morgan fingerprint density at radius 1 is 0.900 bits per heavy atom. The van der Waals surface area contributed by atoms with Gasteiger partial charge in [-0.3, -0.25) is 9.13 Å². The highest BCUT2D eigenvalue weighted by molar-refractivity contribution is 7.70. The summed E-state index contributed by atoms with van der Waals surface area (Å²) in [5.74, 6) is -0.749. The van der Waals surface area contributed by atoms with Crippen molar-refractivity contribution in [3.8, 4) is 28.5 Å². The van der Waals surface area contributed by atoms with Crippen molar-refractivity contribution in [1.82, 2.24) is 4.57 Å². The van der Waals surface area contributed by atoms with Crippen LogP contribution >= 0.6 is 15.2 Å². The monoisotopic (exact) mass is 457 g/mol. The number of benzene rings is 2. The second-order valence-electron chi connectivity index (χ2n) is 6.98. The fourth-order valence-corrected chi connectivity index (χ4v) is 6.01. The molecule has 0 aliphatic carbocycles. The van der Waals surface area contributed by atoms with Crippen LogP contribution in [0.25, 0.3) is 22.2 Å². The second kappa shape index (κ2) is 7.74. The van der Waals surface area contributed by atoms with Crippen LogP contribution in [0.5, 0.6) is 17.2 Å². The molecule has 12 heteroatoms. The molecule has 3 rings (SSSR count). The van der Waals surface area contributed by atoms with Gasteiger partial charge in [0.1, 0.15) is 5.75 Å². The van der Waals surface area contributed by atoms with Gasteiger partial charge >= 0.3 is 15.2 Å². The van der Waals surface area contributed by atoms with E-state index in [2.05, 4.69) is 0 Å². The first kappa shape index (κ1) is 22.4. The number of aromatic nitrogens is 1. The van der Waals surface area contributed by atoms with Crippen LogP contribution in [0.2, 0.25) is 0 Å². The van der Waals surface area contributed by atoms with Crippen molar-refractivity contribution in [2.24, 2.45) is 0 Å². The molecule has 0 atom stereocenters. The topological polar surface area (TPSA) is 181 Å². The van der Waals surface area contributed by atoms with Crippen LogP contribution in [0, 0.1) is 6.92 Å². The summed E-state index contributed by atoms with van der Waals surface area (Å²) in [6, 6.07) is 8.71. The quantitative estimate of drug-likeness (QED) is 0.216. The van der Waals surface area contributed by atoms with Crippen molar-refractivity contribution >= 4 is 26.1 Å². The summed E-state index contributed by atoms with van der Waals surface area (Å²) in [4.78, 5) is 37.7. The minimum absolute atomic E-state index is 0.0254. The Kier molecular flexibility index (Phi) is 5.77. The molecule has 0 saturated heterocycles. The van der Waals surface area contributed by atoms with Gasteiger partial charge in [-0.25, -0.2) is 0 Å². The molecular weight excluding hydrogens is 436 g/mol. The molecule has 3 aromatic rings. The Bertz CT molecular complexity index is 1170. The predicted octanol–water partition coefficient (Wildman–Crippen LogP) is 2.81. The predicted molar refractivity (Wildman–Crippen MR) is 110 cm³/mol. The van der Waals surface area contributed by atoms with Crippen LogP contribution in [0.15, 0.2) is 36.4 Å². The lowest BCUT2D eigenvalue weighted by atomic mass is 10.1.